The van der Waals surface area contributed by atoms with Crippen LogP contribution in [0, 0.1) is 0 Å². The first-order valence-electron chi connectivity index (χ1n) is 13.9. The zero-order chi connectivity index (χ0) is 28.2. The van der Waals surface area contributed by atoms with Crippen LogP contribution in [0.5, 0.6) is 0 Å². The highest BCUT2D eigenvalue weighted by Crippen LogP contribution is 2.42. The van der Waals surface area contributed by atoms with Crippen molar-refractivity contribution in [3.63, 3.8) is 0 Å². The molecule has 0 aliphatic carbocycles. The molecule has 0 saturated heterocycles. The number of rotatable bonds is 16. The number of nitrogens with zero attached hydrogens (tertiary/aromatic N) is 2. The second kappa shape index (κ2) is 15.4. The normalized spacial score (nSPS) is 14.1. The Morgan fingerprint density at radius 2 is 1.72 bits per heavy atom. The van der Waals surface area contributed by atoms with E-state index in [-0.39, 0.29) is 0 Å². The molecule has 0 bridgehead atoms. The molecule has 0 spiro atoms. The predicted molar refractivity (Wildman–Crippen MR) is 175 cm³/mol. The SMILES string of the molecule is C=C/C=C\C=C(/C)CN(CCNc1ccc2c3c(cccc13)C(=C)N(CCCCl)C2=C)C/C(C)=C/CCC=C. The second-order valence-corrected chi connectivity index (χ2v) is 10.5. The quantitative estimate of drug-likeness (QED) is 0.0989. The maximum Gasteiger partial charge on any atom is 0.0421 e. The molecule has 0 aromatic heterocycles. The van der Waals surface area contributed by atoms with Crippen LogP contribution in [-0.4, -0.2) is 48.4 Å². The van der Waals surface area contributed by atoms with Crippen molar-refractivity contribution < 1.29 is 0 Å². The minimum Gasteiger partial charge on any atom is -0.383 e. The minimum absolute atomic E-state index is 0.624. The lowest BCUT2D eigenvalue weighted by Crippen LogP contribution is -2.32. The summed E-state index contributed by atoms with van der Waals surface area (Å²) in [5.74, 6) is 0.624. The van der Waals surface area contributed by atoms with Crippen LogP contribution in [0.4, 0.5) is 5.69 Å². The van der Waals surface area contributed by atoms with E-state index in [2.05, 4.69) is 104 Å². The molecule has 1 aliphatic rings. The van der Waals surface area contributed by atoms with Crippen LogP contribution < -0.4 is 5.32 Å². The Hall–Kier alpha value is -3.27. The van der Waals surface area contributed by atoms with E-state index in [1.54, 1.807) is 6.08 Å². The zero-order valence-electron chi connectivity index (χ0n) is 23.8. The number of allylic oxidation sites excluding steroid dienone is 6. The van der Waals surface area contributed by atoms with Gasteiger partial charge in [0.1, 0.15) is 0 Å². The van der Waals surface area contributed by atoms with Crippen LogP contribution in [0.3, 0.4) is 0 Å². The van der Waals surface area contributed by atoms with Gasteiger partial charge in [0.25, 0.3) is 0 Å². The molecule has 0 fully saturated rings. The lowest BCUT2D eigenvalue weighted by molar-refractivity contribution is 0.333. The summed E-state index contributed by atoms with van der Waals surface area (Å²) in [7, 11) is 0. The molecule has 0 radical (unpaired) electrons. The first-order chi connectivity index (χ1) is 18.9. The van der Waals surface area contributed by atoms with Crippen LogP contribution in [0.1, 0.15) is 44.2 Å². The van der Waals surface area contributed by atoms with Crippen molar-refractivity contribution in [2.24, 2.45) is 0 Å². The lowest BCUT2D eigenvalue weighted by Gasteiger charge is -2.35. The molecule has 3 nitrogen and oxygen atoms in total. The van der Waals surface area contributed by atoms with E-state index in [0.717, 1.165) is 69.1 Å². The third-order valence-corrected chi connectivity index (χ3v) is 7.28. The Balaban J connectivity index is 1.78. The largest absolute Gasteiger partial charge is 0.383 e. The fourth-order valence-corrected chi connectivity index (χ4v) is 5.23. The monoisotopic (exact) mass is 541 g/mol. The third-order valence-electron chi connectivity index (χ3n) is 7.01. The van der Waals surface area contributed by atoms with Gasteiger partial charge in [-0.25, -0.2) is 0 Å². The molecule has 0 amide bonds. The number of anilines is 1. The fourth-order valence-electron chi connectivity index (χ4n) is 5.11. The Kier molecular flexibility index (Phi) is 11.9. The van der Waals surface area contributed by atoms with Gasteiger partial charge in [0.15, 0.2) is 0 Å². The molecule has 39 heavy (non-hydrogen) atoms. The summed E-state index contributed by atoms with van der Waals surface area (Å²) in [6, 6.07) is 10.9. The molecule has 1 heterocycles. The molecular weight excluding hydrogens is 498 g/mol. The molecular formula is C35H44ClN3. The van der Waals surface area contributed by atoms with Gasteiger partial charge in [0, 0.05) is 77.6 Å². The van der Waals surface area contributed by atoms with Gasteiger partial charge in [-0.1, -0.05) is 91.6 Å². The van der Waals surface area contributed by atoms with Crippen molar-refractivity contribution in [3.8, 4) is 0 Å². The van der Waals surface area contributed by atoms with Gasteiger partial charge < -0.3 is 10.2 Å². The first kappa shape index (κ1) is 30.3. The summed E-state index contributed by atoms with van der Waals surface area (Å²) >= 11 is 5.99. The van der Waals surface area contributed by atoms with Crippen molar-refractivity contribution in [2.45, 2.75) is 33.1 Å². The number of benzene rings is 2. The van der Waals surface area contributed by atoms with Gasteiger partial charge in [-0.15, -0.1) is 18.2 Å². The number of hydrogen-bond donors (Lipinski definition) is 1. The molecule has 2 aromatic rings. The standard InChI is InChI=1S/C35H44ClN3/c1-7-9-11-15-27(3)25-38(26-28(4)16-12-10-8-2)24-22-37-34-20-19-32-30(6)39(23-14-21-36)29(5)31-17-13-18-33(34)35(31)32/h7-9,11,13,15-20,37H,1-2,5-6,10,12,14,21-26H2,3-4H3/b11-9-,27-15+,28-16+. The number of unbranched alkanes of at least 4 members (excludes halogenated alkanes) is 1. The van der Waals surface area contributed by atoms with Crippen LogP contribution in [0.25, 0.3) is 22.2 Å². The molecule has 3 rings (SSSR count). The molecule has 1 N–H and O–H groups in total. The van der Waals surface area contributed by atoms with Crippen LogP contribution in [-0.2, 0) is 0 Å². The van der Waals surface area contributed by atoms with Crippen LogP contribution >= 0.6 is 11.6 Å². The Bertz CT molecular complexity index is 1260. The summed E-state index contributed by atoms with van der Waals surface area (Å²) in [4.78, 5) is 4.71. The van der Waals surface area contributed by atoms with E-state index in [1.807, 2.05) is 12.2 Å². The lowest BCUT2D eigenvalue weighted by atomic mass is 9.90. The molecule has 206 valence electrons. The Morgan fingerprint density at radius 1 is 0.974 bits per heavy atom. The summed E-state index contributed by atoms with van der Waals surface area (Å²) in [6.07, 6.45) is 15.3. The maximum absolute atomic E-state index is 5.99. The average Bonchev–Trinajstić information content (AvgIpc) is 2.92. The molecule has 0 unspecified atom stereocenters. The average molecular weight is 542 g/mol. The van der Waals surface area contributed by atoms with Crippen molar-refractivity contribution in [2.75, 3.05) is 43.9 Å². The highest BCUT2D eigenvalue weighted by molar-refractivity contribution is 6.17. The first-order valence-corrected chi connectivity index (χ1v) is 14.4. The predicted octanol–water partition coefficient (Wildman–Crippen LogP) is 9.04. The van der Waals surface area contributed by atoms with E-state index < -0.39 is 0 Å². The second-order valence-electron chi connectivity index (χ2n) is 10.2. The topological polar surface area (TPSA) is 18.5 Å². The minimum atomic E-state index is 0.624. The van der Waals surface area contributed by atoms with E-state index in [4.69, 9.17) is 11.6 Å². The molecule has 0 saturated carbocycles. The highest BCUT2D eigenvalue weighted by Gasteiger charge is 2.25. The van der Waals surface area contributed by atoms with E-state index in [1.165, 1.54) is 33.0 Å². The maximum atomic E-state index is 5.99. The Labute approximate surface area is 241 Å². The highest BCUT2D eigenvalue weighted by atomic mass is 35.5. The third kappa shape index (κ3) is 8.11. The van der Waals surface area contributed by atoms with Crippen LogP contribution in [0.15, 0.2) is 104 Å². The van der Waals surface area contributed by atoms with Gasteiger partial charge in [0.2, 0.25) is 0 Å². The van der Waals surface area contributed by atoms with Gasteiger partial charge in [0.05, 0.1) is 0 Å². The Morgan fingerprint density at radius 3 is 2.44 bits per heavy atom. The molecule has 2 aromatic carbocycles. The number of halogens is 1. The molecule has 0 atom stereocenters. The smallest absolute Gasteiger partial charge is 0.0421 e. The summed E-state index contributed by atoms with van der Waals surface area (Å²) in [5.41, 5.74) is 8.19. The number of hydrogen-bond acceptors (Lipinski definition) is 3. The van der Waals surface area contributed by atoms with Crippen molar-refractivity contribution in [1.82, 2.24) is 9.80 Å². The number of nitrogens with one attached hydrogen (secondary N) is 1. The summed E-state index contributed by atoms with van der Waals surface area (Å²) < 4.78 is 0. The van der Waals surface area contributed by atoms with Gasteiger partial charge in [-0.3, -0.25) is 4.90 Å². The van der Waals surface area contributed by atoms with Crippen molar-refractivity contribution in [1.29, 1.82) is 0 Å². The summed E-state index contributed by atoms with van der Waals surface area (Å²) in [5, 5.41) is 6.17. The van der Waals surface area contributed by atoms with Crippen LogP contribution in [0.2, 0.25) is 0 Å². The van der Waals surface area contributed by atoms with E-state index in [0.29, 0.717) is 5.88 Å². The molecule has 1 aliphatic heterocycles. The zero-order valence-corrected chi connectivity index (χ0v) is 24.6. The van der Waals surface area contributed by atoms with Crippen molar-refractivity contribution >= 4 is 39.5 Å². The van der Waals surface area contributed by atoms with Gasteiger partial charge in [-0.05, 0) is 39.2 Å². The molecule has 4 heteroatoms. The van der Waals surface area contributed by atoms with E-state index in [9.17, 15) is 0 Å². The van der Waals surface area contributed by atoms with Crippen molar-refractivity contribution in [3.05, 3.63) is 115 Å². The fraction of sp³-hybridized carbons (Fsp3) is 0.314. The van der Waals surface area contributed by atoms with Gasteiger partial charge in [-0.2, -0.15) is 0 Å². The number of alkyl halides is 1. The summed E-state index contributed by atoms with van der Waals surface area (Å²) in [6.45, 7) is 25.3. The van der Waals surface area contributed by atoms with E-state index >= 15 is 0 Å². The van der Waals surface area contributed by atoms with Gasteiger partial charge >= 0.3 is 0 Å².